The monoisotopic (exact) mass is 333 g/mol. The molecule has 2 atom stereocenters. The number of rotatable bonds is 3. The summed E-state index contributed by atoms with van der Waals surface area (Å²) in [6, 6.07) is 2.08. The van der Waals surface area contributed by atoms with Crippen LogP contribution in [0.2, 0.25) is 0 Å². The maximum Gasteiger partial charge on any atom is 0.308 e. The first kappa shape index (κ1) is 15.2. The Morgan fingerprint density at radius 1 is 1.13 bits per heavy atom. The first-order valence-corrected chi connectivity index (χ1v) is 9.59. The molecule has 1 saturated carbocycles. The van der Waals surface area contributed by atoms with E-state index >= 15 is 0 Å². The van der Waals surface area contributed by atoms with Crippen LogP contribution in [0.4, 0.5) is 0 Å². The first-order chi connectivity index (χ1) is 11.1. The predicted molar refractivity (Wildman–Crippen MR) is 88.8 cm³/mol. The second-order valence-corrected chi connectivity index (χ2v) is 8.41. The third kappa shape index (κ3) is 2.91. The fraction of sp³-hybridized carbons (Fsp3) is 0.667. The van der Waals surface area contributed by atoms with Crippen LogP contribution in [0.25, 0.3) is 0 Å². The Bertz CT molecular complexity index is 611. The molecule has 4 rings (SSSR count). The van der Waals surface area contributed by atoms with Crippen molar-refractivity contribution in [3.8, 4) is 0 Å². The zero-order valence-electron chi connectivity index (χ0n) is 13.3. The van der Waals surface area contributed by atoms with E-state index in [9.17, 15) is 14.7 Å². The van der Waals surface area contributed by atoms with Crippen LogP contribution in [0.5, 0.6) is 0 Å². The Balaban J connectivity index is 1.52. The van der Waals surface area contributed by atoms with Crippen molar-refractivity contribution in [2.45, 2.75) is 44.9 Å². The second-order valence-electron chi connectivity index (χ2n) is 7.28. The Morgan fingerprint density at radius 3 is 2.65 bits per heavy atom. The molecule has 3 aliphatic rings. The van der Waals surface area contributed by atoms with Gasteiger partial charge in [0, 0.05) is 18.0 Å². The van der Waals surface area contributed by atoms with Gasteiger partial charge in [-0.1, -0.05) is 6.42 Å². The Morgan fingerprint density at radius 2 is 1.91 bits per heavy atom. The van der Waals surface area contributed by atoms with E-state index in [1.54, 1.807) is 16.2 Å². The summed E-state index contributed by atoms with van der Waals surface area (Å²) in [7, 11) is 0. The third-order valence-corrected chi connectivity index (χ3v) is 6.88. The molecule has 0 unspecified atom stereocenters. The normalized spacial score (nSPS) is 27.6. The fourth-order valence-electron chi connectivity index (χ4n) is 4.19. The fourth-order valence-corrected chi connectivity index (χ4v) is 5.41. The number of thiophene rings is 1. The minimum Gasteiger partial charge on any atom is -0.481 e. The Labute approximate surface area is 140 Å². The van der Waals surface area contributed by atoms with Crippen molar-refractivity contribution in [1.82, 2.24) is 4.90 Å². The number of carboxylic acids is 1. The molecule has 1 aromatic rings. The number of aryl methyl sites for hydroxylation is 2. The molecule has 1 aromatic heterocycles. The van der Waals surface area contributed by atoms with Crippen molar-refractivity contribution in [2.24, 2.45) is 17.8 Å². The van der Waals surface area contributed by atoms with Crippen LogP contribution in [-0.2, 0) is 17.6 Å². The van der Waals surface area contributed by atoms with Gasteiger partial charge < -0.3 is 10.0 Å². The molecule has 2 fully saturated rings. The zero-order valence-corrected chi connectivity index (χ0v) is 14.1. The van der Waals surface area contributed by atoms with Crippen LogP contribution in [0.15, 0.2) is 6.07 Å². The van der Waals surface area contributed by atoms with Crippen molar-refractivity contribution in [3.63, 3.8) is 0 Å². The lowest BCUT2D eigenvalue weighted by Gasteiger charge is -2.15. The Kier molecular flexibility index (Phi) is 3.92. The van der Waals surface area contributed by atoms with Gasteiger partial charge in [-0.05, 0) is 62.0 Å². The molecule has 0 bridgehead atoms. The standard InChI is InChI=1S/C18H23NO3S/c20-17(16-8-12-4-2-1-3-5-15(12)23-16)19-9-13(11-6-7-11)14(10-19)18(21)22/h8,11,13-14H,1-7,9-10H2,(H,21,22)/t13-,14+/m1/s1. The number of aliphatic carboxylic acids is 1. The number of amides is 1. The number of carbonyl (C=O) groups excluding carboxylic acids is 1. The second kappa shape index (κ2) is 5.93. The number of carbonyl (C=O) groups is 2. The van der Waals surface area contributed by atoms with Gasteiger partial charge in [-0.3, -0.25) is 9.59 Å². The highest BCUT2D eigenvalue weighted by Gasteiger charge is 2.47. The SMILES string of the molecule is O=C(O)[C@H]1CN(C(=O)c2cc3c(s2)CCCCC3)C[C@@H]1C1CC1. The highest BCUT2D eigenvalue weighted by molar-refractivity contribution is 7.14. The quantitative estimate of drug-likeness (QED) is 0.864. The maximum absolute atomic E-state index is 12.9. The summed E-state index contributed by atoms with van der Waals surface area (Å²) >= 11 is 1.64. The summed E-state index contributed by atoms with van der Waals surface area (Å²) < 4.78 is 0. The number of carboxylic acid groups (broad SMARTS) is 1. The molecule has 2 heterocycles. The largest absolute Gasteiger partial charge is 0.481 e. The summed E-state index contributed by atoms with van der Waals surface area (Å²) in [6.45, 7) is 1.01. The summed E-state index contributed by atoms with van der Waals surface area (Å²) in [5.74, 6) is -0.371. The molecule has 1 aliphatic heterocycles. The third-order valence-electron chi connectivity index (χ3n) is 5.65. The molecular weight excluding hydrogens is 310 g/mol. The molecule has 0 spiro atoms. The molecule has 1 amide bonds. The van der Waals surface area contributed by atoms with Gasteiger partial charge in [0.25, 0.3) is 5.91 Å². The Hall–Kier alpha value is -1.36. The van der Waals surface area contributed by atoms with Crippen LogP contribution < -0.4 is 0 Å². The smallest absolute Gasteiger partial charge is 0.308 e. The highest BCUT2D eigenvalue weighted by atomic mass is 32.1. The van der Waals surface area contributed by atoms with Gasteiger partial charge in [-0.25, -0.2) is 0 Å². The average molecular weight is 333 g/mol. The summed E-state index contributed by atoms with van der Waals surface area (Å²) in [4.78, 5) is 28.4. The van der Waals surface area contributed by atoms with Gasteiger partial charge in [0.1, 0.15) is 0 Å². The van der Waals surface area contributed by atoms with Gasteiger partial charge >= 0.3 is 5.97 Å². The minimum atomic E-state index is -0.737. The van der Waals surface area contributed by atoms with Crippen molar-refractivity contribution >= 4 is 23.2 Å². The molecule has 23 heavy (non-hydrogen) atoms. The van der Waals surface area contributed by atoms with Gasteiger partial charge in [-0.2, -0.15) is 0 Å². The van der Waals surface area contributed by atoms with E-state index < -0.39 is 5.97 Å². The van der Waals surface area contributed by atoms with Crippen LogP contribution in [0, 0.1) is 17.8 Å². The van der Waals surface area contributed by atoms with Crippen molar-refractivity contribution < 1.29 is 14.7 Å². The topological polar surface area (TPSA) is 57.6 Å². The summed E-state index contributed by atoms with van der Waals surface area (Å²) in [6.07, 6.45) is 8.15. The first-order valence-electron chi connectivity index (χ1n) is 8.77. The number of nitrogens with zero attached hydrogens (tertiary/aromatic N) is 1. The van der Waals surface area contributed by atoms with E-state index in [1.165, 1.54) is 29.7 Å². The molecule has 0 aromatic carbocycles. The molecule has 124 valence electrons. The lowest BCUT2D eigenvalue weighted by Crippen LogP contribution is -2.29. The molecular formula is C18H23NO3S. The van der Waals surface area contributed by atoms with Gasteiger partial charge in [-0.15, -0.1) is 11.3 Å². The van der Waals surface area contributed by atoms with E-state index in [-0.39, 0.29) is 17.7 Å². The van der Waals surface area contributed by atoms with E-state index in [1.807, 2.05) is 0 Å². The van der Waals surface area contributed by atoms with Crippen molar-refractivity contribution in [2.75, 3.05) is 13.1 Å². The van der Waals surface area contributed by atoms with E-state index in [4.69, 9.17) is 0 Å². The number of likely N-dealkylation sites (tertiary alicyclic amines) is 1. The van der Waals surface area contributed by atoms with E-state index in [0.717, 1.165) is 30.6 Å². The predicted octanol–water partition coefficient (Wildman–Crippen LogP) is 3.20. The van der Waals surface area contributed by atoms with E-state index in [0.29, 0.717) is 19.0 Å². The van der Waals surface area contributed by atoms with Crippen LogP contribution in [-0.4, -0.2) is 35.0 Å². The average Bonchev–Trinajstić information content (AvgIpc) is 3.22. The van der Waals surface area contributed by atoms with Gasteiger partial charge in [0.2, 0.25) is 0 Å². The molecule has 2 aliphatic carbocycles. The highest BCUT2D eigenvalue weighted by Crippen LogP contribution is 2.44. The molecule has 1 N–H and O–H groups in total. The van der Waals surface area contributed by atoms with Crippen molar-refractivity contribution in [3.05, 3.63) is 21.4 Å². The molecule has 5 heteroatoms. The lowest BCUT2D eigenvalue weighted by molar-refractivity contribution is -0.142. The molecule has 4 nitrogen and oxygen atoms in total. The van der Waals surface area contributed by atoms with E-state index in [2.05, 4.69) is 6.07 Å². The number of hydrogen-bond donors (Lipinski definition) is 1. The van der Waals surface area contributed by atoms with Crippen LogP contribution in [0.3, 0.4) is 0 Å². The van der Waals surface area contributed by atoms with Gasteiger partial charge in [0.15, 0.2) is 0 Å². The lowest BCUT2D eigenvalue weighted by atomic mass is 9.92. The van der Waals surface area contributed by atoms with Crippen molar-refractivity contribution in [1.29, 1.82) is 0 Å². The molecule has 0 radical (unpaired) electrons. The molecule has 1 saturated heterocycles. The zero-order chi connectivity index (χ0) is 16.0. The minimum absolute atomic E-state index is 0.0532. The number of hydrogen-bond acceptors (Lipinski definition) is 3. The summed E-state index contributed by atoms with van der Waals surface area (Å²) in [5.41, 5.74) is 1.35. The van der Waals surface area contributed by atoms with Crippen LogP contribution >= 0.6 is 11.3 Å². The van der Waals surface area contributed by atoms with Gasteiger partial charge in [0.05, 0.1) is 10.8 Å². The summed E-state index contributed by atoms with van der Waals surface area (Å²) in [5, 5.41) is 9.46. The van der Waals surface area contributed by atoms with Crippen LogP contribution in [0.1, 0.15) is 52.2 Å². The maximum atomic E-state index is 12.9. The number of fused-ring (bicyclic) bond motifs is 1.